The van der Waals surface area contributed by atoms with Gasteiger partial charge in [-0.05, 0) is 68.8 Å². The molecule has 0 radical (unpaired) electrons. The first-order valence-corrected chi connectivity index (χ1v) is 10.7. The van der Waals surface area contributed by atoms with Crippen molar-refractivity contribution in [2.45, 2.75) is 26.3 Å². The van der Waals surface area contributed by atoms with Crippen LogP contribution in [0.4, 0.5) is 5.69 Å². The molecule has 8 heteroatoms. The molecule has 0 saturated carbocycles. The summed E-state index contributed by atoms with van der Waals surface area (Å²) in [6.07, 6.45) is 1.60. The highest BCUT2D eigenvalue weighted by Gasteiger charge is 2.26. The van der Waals surface area contributed by atoms with Crippen molar-refractivity contribution in [1.82, 2.24) is 15.0 Å². The second-order valence-corrected chi connectivity index (χ2v) is 7.99. The molecule has 8 nitrogen and oxygen atoms in total. The summed E-state index contributed by atoms with van der Waals surface area (Å²) in [5, 5.41) is 7.15. The molecule has 0 bridgehead atoms. The Hall–Kier alpha value is -3.39. The fourth-order valence-electron chi connectivity index (χ4n) is 3.92. The number of aromatic nitrogens is 2. The Kier molecular flexibility index (Phi) is 6.70. The maximum Gasteiger partial charge on any atom is 0.241 e. The van der Waals surface area contributed by atoms with Crippen molar-refractivity contribution in [3.8, 4) is 22.9 Å². The van der Waals surface area contributed by atoms with Gasteiger partial charge >= 0.3 is 0 Å². The van der Waals surface area contributed by atoms with Crippen molar-refractivity contribution in [1.29, 1.82) is 0 Å². The molecule has 1 amide bonds. The van der Waals surface area contributed by atoms with Crippen molar-refractivity contribution in [2.75, 3.05) is 32.6 Å². The number of piperidine rings is 1. The molecule has 4 rings (SSSR count). The topological polar surface area (TPSA) is 89.7 Å². The van der Waals surface area contributed by atoms with E-state index in [1.807, 2.05) is 49.4 Å². The Morgan fingerprint density at radius 2 is 1.91 bits per heavy atom. The van der Waals surface area contributed by atoms with Gasteiger partial charge in [0.05, 0.1) is 20.8 Å². The van der Waals surface area contributed by atoms with Crippen molar-refractivity contribution < 1.29 is 18.8 Å². The molecule has 0 atom stereocenters. The van der Waals surface area contributed by atoms with E-state index in [9.17, 15) is 4.79 Å². The zero-order chi connectivity index (χ0) is 22.5. The Bertz CT molecular complexity index is 1070. The first-order chi connectivity index (χ1) is 15.6. The van der Waals surface area contributed by atoms with E-state index in [0.29, 0.717) is 29.8 Å². The standard InChI is InChI=1S/C24H28N4O4/c1-16-5-4-6-19(13-16)25-24(29)17-9-11-28(12-10-17)15-22-26-23(27-32-22)18-7-8-20(30-2)21(14-18)31-3/h4-8,13-14,17H,9-12,15H2,1-3H3,(H,25,29). The van der Waals surface area contributed by atoms with Crippen LogP contribution in [0.15, 0.2) is 47.0 Å². The second kappa shape index (κ2) is 9.82. The van der Waals surface area contributed by atoms with Crippen molar-refractivity contribution in [3.05, 3.63) is 53.9 Å². The van der Waals surface area contributed by atoms with E-state index < -0.39 is 0 Å². The fraction of sp³-hybridized carbons (Fsp3) is 0.375. The van der Waals surface area contributed by atoms with Crippen LogP contribution in [-0.2, 0) is 11.3 Å². The number of hydrogen-bond acceptors (Lipinski definition) is 7. The number of ether oxygens (including phenoxy) is 2. The molecule has 1 N–H and O–H groups in total. The molecular weight excluding hydrogens is 408 g/mol. The first-order valence-electron chi connectivity index (χ1n) is 10.7. The second-order valence-electron chi connectivity index (χ2n) is 7.99. The number of carbonyl (C=O) groups excluding carboxylic acids is 1. The van der Waals surface area contributed by atoms with Gasteiger partial charge in [0.15, 0.2) is 11.5 Å². The molecule has 168 valence electrons. The van der Waals surface area contributed by atoms with E-state index in [4.69, 9.17) is 14.0 Å². The van der Waals surface area contributed by atoms with Gasteiger partial charge in [0.2, 0.25) is 17.6 Å². The number of anilines is 1. The summed E-state index contributed by atoms with van der Waals surface area (Å²) < 4.78 is 16.1. The summed E-state index contributed by atoms with van der Waals surface area (Å²) in [5.74, 6) is 2.42. The zero-order valence-electron chi connectivity index (χ0n) is 18.6. The monoisotopic (exact) mass is 436 g/mol. The van der Waals surface area contributed by atoms with Crippen LogP contribution in [0.2, 0.25) is 0 Å². The molecule has 0 spiro atoms. The molecule has 1 aromatic heterocycles. The average Bonchev–Trinajstić information content (AvgIpc) is 3.27. The number of nitrogens with zero attached hydrogens (tertiary/aromatic N) is 3. The maximum atomic E-state index is 12.6. The number of likely N-dealkylation sites (tertiary alicyclic amines) is 1. The van der Waals surface area contributed by atoms with Crippen LogP contribution in [0.25, 0.3) is 11.4 Å². The van der Waals surface area contributed by atoms with Gasteiger partial charge in [-0.3, -0.25) is 9.69 Å². The molecule has 0 unspecified atom stereocenters. The highest BCUT2D eigenvalue weighted by molar-refractivity contribution is 5.92. The smallest absolute Gasteiger partial charge is 0.241 e. The Morgan fingerprint density at radius 3 is 2.62 bits per heavy atom. The lowest BCUT2D eigenvalue weighted by Crippen LogP contribution is -2.37. The van der Waals surface area contributed by atoms with E-state index >= 15 is 0 Å². The van der Waals surface area contributed by atoms with Crippen LogP contribution >= 0.6 is 0 Å². The SMILES string of the molecule is COc1ccc(-c2noc(CN3CCC(C(=O)Nc4cccc(C)c4)CC3)n2)cc1OC. The normalized spacial score (nSPS) is 14.8. The van der Waals surface area contributed by atoms with Gasteiger partial charge in [0, 0.05) is 17.2 Å². The van der Waals surface area contributed by atoms with E-state index in [1.54, 1.807) is 14.2 Å². The predicted octanol–water partition coefficient (Wildman–Crippen LogP) is 3.91. The molecule has 0 aliphatic carbocycles. The van der Waals surface area contributed by atoms with Gasteiger partial charge in [0.25, 0.3) is 0 Å². The molecular formula is C24H28N4O4. The third kappa shape index (κ3) is 5.08. The van der Waals surface area contributed by atoms with Gasteiger partial charge in [-0.2, -0.15) is 4.98 Å². The highest BCUT2D eigenvalue weighted by atomic mass is 16.5. The van der Waals surface area contributed by atoms with E-state index in [0.717, 1.165) is 42.7 Å². The molecule has 3 aromatic rings. The van der Waals surface area contributed by atoms with Crippen LogP contribution in [0.5, 0.6) is 11.5 Å². The van der Waals surface area contributed by atoms with Crippen LogP contribution in [0.1, 0.15) is 24.3 Å². The summed E-state index contributed by atoms with van der Waals surface area (Å²) in [4.78, 5) is 19.4. The number of aryl methyl sites for hydroxylation is 1. The average molecular weight is 437 g/mol. The van der Waals surface area contributed by atoms with Gasteiger partial charge in [0.1, 0.15) is 0 Å². The Balaban J connectivity index is 1.31. The van der Waals surface area contributed by atoms with Crippen LogP contribution in [0, 0.1) is 12.8 Å². The lowest BCUT2D eigenvalue weighted by molar-refractivity contribution is -0.121. The predicted molar refractivity (Wildman–Crippen MR) is 121 cm³/mol. The van der Waals surface area contributed by atoms with Crippen molar-refractivity contribution >= 4 is 11.6 Å². The summed E-state index contributed by atoms with van der Waals surface area (Å²) >= 11 is 0. The maximum absolute atomic E-state index is 12.6. The highest BCUT2D eigenvalue weighted by Crippen LogP contribution is 2.31. The number of amides is 1. The van der Waals surface area contributed by atoms with Crippen molar-refractivity contribution in [3.63, 3.8) is 0 Å². The summed E-state index contributed by atoms with van der Waals surface area (Å²) in [7, 11) is 3.19. The molecule has 1 aliphatic heterocycles. The lowest BCUT2D eigenvalue weighted by Gasteiger charge is -2.30. The molecule has 1 fully saturated rings. The van der Waals surface area contributed by atoms with Gasteiger partial charge < -0.3 is 19.3 Å². The minimum atomic E-state index is 0.0109. The number of rotatable bonds is 7. The number of nitrogens with one attached hydrogen (secondary N) is 1. The summed E-state index contributed by atoms with van der Waals surface area (Å²) in [6.45, 7) is 4.19. The molecule has 1 aliphatic rings. The Labute approximate surface area is 187 Å². The zero-order valence-corrected chi connectivity index (χ0v) is 18.6. The summed E-state index contributed by atoms with van der Waals surface area (Å²) in [6, 6.07) is 13.4. The van der Waals surface area contributed by atoms with Gasteiger partial charge in [-0.25, -0.2) is 0 Å². The van der Waals surface area contributed by atoms with Crippen LogP contribution in [0.3, 0.4) is 0 Å². The molecule has 2 aromatic carbocycles. The molecule has 2 heterocycles. The Morgan fingerprint density at radius 1 is 1.12 bits per heavy atom. The van der Waals surface area contributed by atoms with Gasteiger partial charge in [-0.1, -0.05) is 17.3 Å². The minimum Gasteiger partial charge on any atom is -0.493 e. The third-order valence-electron chi connectivity index (χ3n) is 5.71. The number of methoxy groups -OCH3 is 2. The molecule has 32 heavy (non-hydrogen) atoms. The van der Waals surface area contributed by atoms with Crippen LogP contribution in [-0.4, -0.2) is 48.3 Å². The largest absolute Gasteiger partial charge is 0.493 e. The first kappa shape index (κ1) is 21.8. The van der Waals surface area contributed by atoms with Crippen LogP contribution < -0.4 is 14.8 Å². The number of hydrogen-bond donors (Lipinski definition) is 1. The van der Waals surface area contributed by atoms with Gasteiger partial charge in [-0.15, -0.1) is 0 Å². The number of carbonyl (C=O) groups is 1. The van der Waals surface area contributed by atoms with E-state index in [1.165, 1.54) is 0 Å². The minimum absolute atomic E-state index is 0.0109. The van der Waals surface area contributed by atoms with E-state index in [-0.39, 0.29) is 11.8 Å². The summed E-state index contributed by atoms with van der Waals surface area (Å²) in [5.41, 5.74) is 2.78. The van der Waals surface area contributed by atoms with E-state index in [2.05, 4.69) is 20.4 Å². The lowest BCUT2D eigenvalue weighted by atomic mass is 9.96. The molecule has 1 saturated heterocycles. The quantitative estimate of drug-likeness (QED) is 0.600. The third-order valence-corrected chi connectivity index (χ3v) is 5.71. The number of benzene rings is 2. The fourth-order valence-corrected chi connectivity index (χ4v) is 3.92. The van der Waals surface area contributed by atoms with Crippen molar-refractivity contribution in [2.24, 2.45) is 5.92 Å².